The molecule has 0 aliphatic rings. The van der Waals surface area contributed by atoms with E-state index in [0.29, 0.717) is 18.8 Å². The standard InChI is InChI=1S/C17H24O5/c1-3-4-12-21-16(18)10-7-11-17(19)22-13-14-8-5-6-9-15(14)20-2/h5-6,8-9H,3-4,7,10-13H2,1-2H3. The highest BCUT2D eigenvalue weighted by Crippen LogP contribution is 2.18. The van der Waals surface area contributed by atoms with Crippen LogP contribution in [0.3, 0.4) is 0 Å². The molecule has 0 saturated heterocycles. The van der Waals surface area contributed by atoms with Gasteiger partial charge in [0.1, 0.15) is 12.4 Å². The Labute approximate surface area is 131 Å². The molecule has 22 heavy (non-hydrogen) atoms. The van der Waals surface area contributed by atoms with Crippen molar-refractivity contribution in [2.75, 3.05) is 13.7 Å². The van der Waals surface area contributed by atoms with Gasteiger partial charge in [0, 0.05) is 18.4 Å². The van der Waals surface area contributed by atoms with Crippen molar-refractivity contribution in [3.8, 4) is 5.75 Å². The van der Waals surface area contributed by atoms with Crippen molar-refractivity contribution in [2.24, 2.45) is 0 Å². The molecule has 1 aromatic rings. The summed E-state index contributed by atoms with van der Waals surface area (Å²) >= 11 is 0. The van der Waals surface area contributed by atoms with Gasteiger partial charge in [-0.2, -0.15) is 0 Å². The van der Waals surface area contributed by atoms with Crippen molar-refractivity contribution >= 4 is 11.9 Å². The Balaban J connectivity index is 2.20. The van der Waals surface area contributed by atoms with Crippen LogP contribution in [0.2, 0.25) is 0 Å². The molecular formula is C17H24O5. The van der Waals surface area contributed by atoms with Gasteiger partial charge in [-0.1, -0.05) is 31.5 Å². The molecule has 0 bridgehead atoms. The zero-order valence-corrected chi connectivity index (χ0v) is 13.3. The van der Waals surface area contributed by atoms with E-state index in [4.69, 9.17) is 14.2 Å². The van der Waals surface area contributed by atoms with Gasteiger partial charge in [-0.3, -0.25) is 9.59 Å². The summed E-state index contributed by atoms with van der Waals surface area (Å²) in [5.74, 6) is 0.105. The molecule has 1 rings (SSSR count). The minimum Gasteiger partial charge on any atom is -0.496 e. The quantitative estimate of drug-likeness (QED) is 0.490. The van der Waals surface area contributed by atoms with Crippen LogP contribution in [0.1, 0.15) is 44.6 Å². The SMILES string of the molecule is CCCCOC(=O)CCCC(=O)OCc1ccccc1OC. The second-order valence-electron chi connectivity index (χ2n) is 4.90. The van der Waals surface area contributed by atoms with E-state index in [1.807, 2.05) is 31.2 Å². The summed E-state index contributed by atoms with van der Waals surface area (Å²) in [6.07, 6.45) is 2.75. The zero-order chi connectivity index (χ0) is 16.2. The average molecular weight is 308 g/mol. The van der Waals surface area contributed by atoms with Crippen molar-refractivity contribution in [1.82, 2.24) is 0 Å². The Morgan fingerprint density at radius 1 is 1.00 bits per heavy atom. The van der Waals surface area contributed by atoms with E-state index in [-0.39, 0.29) is 31.4 Å². The van der Waals surface area contributed by atoms with Crippen LogP contribution in [-0.2, 0) is 25.7 Å². The molecule has 1 aromatic carbocycles. The molecule has 0 amide bonds. The zero-order valence-electron chi connectivity index (χ0n) is 13.3. The lowest BCUT2D eigenvalue weighted by molar-refractivity contribution is -0.146. The topological polar surface area (TPSA) is 61.8 Å². The van der Waals surface area contributed by atoms with Crippen LogP contribution >= 0.6 is 0 Å². The van der Waals surface area contributed by atoms with Crippen molar-refractivity contribution in [2.45, 2.75) is 45.6 Å². The molecule has 122 valence electrons. The maximum Gasteiger partial charge on any atom is 0.306 e. The lowest BCUT2D eigenvalue weighted by Gasteiger charge is -2.09. The van der Waals surface area contributed by atoms with Gasteiger partial charge >= 0.3 is 11.9 Å². The Hall–Kier alpha value is -2.04. The molecule has 0 aromatic heterocycles. The van der Waals surface area contributed by atoms with Gasteiger partial charge in [-0.05, 0) is 18.9 Å². The minimum absolute atomic E-state index is 0.170. The second-order valence-corrected chi connectivity index (χ2v) is 4.90. The Bertz CT molecular complexity index is 470. The fraction of sp³-hybridized carbons (Fsp3) is 0.529. The van der Waals surface area contributed by atoms with E-state index in [1.165, 1.54) is 0 Å². The monoisotopic (exact) mass is 308 g/mol. The fourth-order valence-electron chi connectivity index (χ4n) is 1.83. The molecule has 5 nitrogen and oxygen atoms in total. The molecule has 0 aliphatic carbocycles. The highest BCUT2D eigenvalue weighted by Gasteiger charge is 2.09. The van der Waals surface area contributed by atoms with Crippen LogP contribution in [0.5, 0.6) is 5.75 Å². The smallest absolute Gasteiger partial charge is 0.306 e. The number of ether oxygens (including phenoxy) is 3. The number of methoxy groups -OCH3 is 1. The van der Waals surface area contributed by atoms with Crippen LogP contribution in [0.15, 0.2) is 24.3 Å². The molecule has 5 heteroatoms. The number of para-hydroxylation sites is 1. The third-order valence-electron chi connectivity index (χ3n) is 3.10. The molecule has 0 radical (unpaired) electrons. The number of carbonyl (C=O) groups is 2. The van der Waals surface area contributed by atoms with E-state index in [2.05, 4.69) is 0 Å². The Morgan fingerprint density at radius 2 is 1.68 bits per heavy atom. The van der Waals surface area contributed by atoms with Crippen molar-refractivity contribution in [1.29, 1.82) is 0 Å². The summed E-state index contributed by atoms with van der Waals surface area (Å²) < 4.78 is 15.4. The maximum atomic E-state index is 11.6. The molecule has 0 aliphatic heterocycles. The number of benzene rings is 1. The third kappa shape index (κ3) is 7.11. The molecular weight excluding hydrogens is 284 g/mol. The summed E-state index contributed by atoms with van der Waals surface area (Å²) in [5, 5.41) is 0. The number of carbonyl (C=O) groups excluding carboxylic acids is 2. The van der Waals surface area contributed by atoms with E-state index in [0.717, 1.165) is 18.4 Å². The summed E-state index contributed by atoms with van der Waals surface area (Å²) in [6, 6.07) is 7.37. The number of hydrogen-bond donors (Lipinski definition) is 0. The summed E-state index contributed by atoms with van der Waals surface area (Å²) in [5.41, 5.74) is 0.817. The first kappa shape index (κ1) is 18.0. The first-order valence-corrected chi connectivity index (χ1v) is 7.60. The molecule has 0 unspecified atom stereocenters. The average Bonchev–Trinajstić information content (AvgIpc) is 2.53. The van der Waals surface area contributed by atoms with Gasteiger partial charge in [0.15, 0.2) is 0 Å². The largest absolute Gasteiger partial charge is 0.496 e. The van der Waals surface area contributed by atoms with Crippen molar-refractivity contribution < 1.29 is 23.8 Å². The van der Waals surface area contributed by atoms with Gasteiger partial charge in [0.05, 0.1) is 13.7 Å². The van der Waals surface area contributed by atoms with Crippen molar-refractivity contribution in [3.63, 3.8) is 0 Å². The number of unbranched alkanes of at least 4 members (excludes halogenated alkanes) is 1. The first-order chi connectivity index (χ1) is 10.7. The molecule has 0 atom stereocenters. The van der Waals surface area contributed by atoms with E-state index < -0.39 is 0 Å². The summed E-state index contributed by atoms with van der Waals surface area (Å²) in [6.45, 7) is 2.66. The van der Waals surface area contributed by atoms with Crippen LogP contribution < -0.4 is 4.74 Å². The first-order valence-electron chi connectivity index (χ1n) is 7.60. The molecule has 0 N–H and O–H groups in total. The fourth-order valence-corrected chi connectivity index (χ4v) is 1.83. The highest BCUT2D eigenvalue weighted by atomic mass is 16.5. The highest BCUT2D eigenvalue weighted by molar-refractivity contribution is 5.72. The van der Waals surface area contributed by atoms with Crippen LogP contribution in [0.4, 0.5) is 0 Å². The van der Waals surface area contributed by atoms with E-state index >= 15 is 0 Å². The van der Waals surface area contributed by atoms with Gasteiger partial charge in [0.25, 0.3) is 0 Å². The Morgan fingerprint density at radius 3 is 2.36 bits per heavy atom. The lowest BCUT2D eigenvalue weighted by Crippen LogP contribution is -2.09. The van der Waals surface area contributed by atoms with Crippen LogP contribution in [-0.4, -0.2) is 25.7 Å². The van der Waals surface area contributed by atoms with Gasteiger partial charge < -0.3 is 14.2 Å². The molecule has 0 heterocycles. The summed E-state index contributed by atoms with van der Waals surface area (Å²) in [7, 11) is 1.57. The number of esters is 2. The van der Waals surface area contributed by atoms with Gasteiger partial charge in [0.2, 0.25) is 0 Å². The molecule has 0 saturated carbocycles. The molecule has 0 fully saturated rings. The maximum absolute atomic E-state index is 11.6. The van der Waals surface area contributed by atoms with Crippen molar-refractivity contribution in [3.05, 3.63) is 29.8 Å². The predicted octanol–water partition coefficient (Wildman–Crippen LogP) is 3.25. The third-order valence-corrected chi connectivity index (χ3v) is 3.10. The normalized spacial score (nSPS) is 10.1. The lowest BCUT2D eigenvalue weighted by atomic mass is 10.2. The number of rotatable bonds is 10. The van der Waals surface area contributed by atoms with Crippen LogP contribution in [0.25, 0.3) is 0 Å². The number of hydrogen-bond acceptors (Lipinski definition) is 5. The summed E-state index contributed by atoms with van der Waals surface area (Å²) in [4.78, 5) is 23.0. The second kappa shape index (κ2) is 10.7. The van der Waals surface area contributed by atoms with Crippen LogP contribution in [0, 0.1) is 0 Å². The minimum atomic E-state index is -0.327. The predicted molar refractivity (Wildman–Crippen MR) is 82.5 cm³/mol. The van der Waals surface area contributed by atoms with E-state index in [9.17, 15) is 9.59 Å². The van der Waals surface area contributed by atoms with E-state index in [1.54, 1.807) is 7.11 Å². The van der Waals surface area contributed by atoms with Gasteiger partial charge in [-0.25, -0.2) is 0 Å². The molecule has 0 spiro atoms. The van der Waals surface area contributed by atoms with Gasteiger partial charge in [-0.15, -0.1) is 0 Å². The Kier molecular flexibility index (Phi) is 8.72.